The van der Waals surface area contributed by atoms with Gasteiger partial charge >= 0.3 is 0 Å². The summed E-state index contributed by atoms with van der Waals surface area (Å²) in [5.74, 6) is 4.32. The molecular weight excluding hydrogens is 1720 g/mol. The highest BCUT2D eigenvalue weighted by Crippen LogP contribution is 2.55. The third kappa shape index (κ3) is 14.4. The standard InChI is InChI=1S/4C23H24N4O.C21H20N4O/c2*1-13(2)26-16(5)27(19-7-6-12-24-22(19)26)20-14(3)8-10-17-18-11-9-15(4)25-23(18)28-21(17)20;2*1-13(2)26-16(5)27(22-19(26)7-6-12-24-22)20-14(3)8-10-17-18-11-9-15(4)25-23(18)28-21(17)20;1-12-7-9-15-16-10-8-13(2)23-21(16)26-19(15)18(12)25-14(3)24(4)20-17(25)6-5-11-22-20/h4*6-13,16H,1-5H3;5-11,14H,1-4H3/i4*13D;. The Labute approximate surface area is 808 Å². The van der Waals surface area contributed by atoms with Crippen LogP contribution in [0, 0.1) is 69.2 Å². The molecule has 0 aliphatic carbocycles. The number of hydrogen-bond acceptors (Lipinski definition) is 25. The maximum absolute atomic E-state index is 8.71. The molecule has 5 aliphatic rings. The van der Waals surface area contributed by atoms with Crippen LogP contribution in [0.1, 0.15) is 152 Å². The highest BCUT2D eigenvalue weighted by molar-refractivity contribution is 6.15. The van der Waals surface area contributed by atoms with E-state index >= 15 is 0 Å². The third-order valence-electron chi connectivity index (χ3n) is 27.5. The highest BCUT2D eigenvalue weighted by Gasteiger charge is 2.45. The summed E-state index contributed by atoms with van der Waals surface area (Å²) in [4.78, 5) is 67.8. The number of benzene rings is 5. The summed E-state index contributed by atoms with van der Waals surface area (Å²) < 4.78 is 66.3. The van der Waals surface area contributed by atoms with Crippen LogP contribution in [0.15, 0.2) is 235 Å². The van der Waals surface area contributed by atoms with Crippen molar-refractivity contribution in [2.24, 2.45) is 0 Å². The number of rotatable bonds is 9. The van der Waals surface area contributed by atoms with Crippen LogP contribution >= 0.6 is 0 Å². The van der Waals surface area contributed by atoms with Crippen LogP contribution in [0.5, 0.6) is 0 Å². The molecule has 0 radical (unpaired) electrons. The molecule has 0 saturated carbocycles. The first kappa shape index (κ1) is 84.4. The molecule has 15 aromatic heterocycles. The minimum atomic E-state index is -0.814. The summed E-state index contributed by atoms with van der Waals surface area (Å²) in [7, 11) is 2.08. The van der Waals surface area contributed by atoms with Gasteiger partial charge in [-0.2, -0.15) is 0 Å². The van der Waals surface area contributed by atoms with Crippen molar-refractivity contribution in [3.63, 3.8) is 0 Å². The van der Waals surface area contributed by atoms with E-state index in [2.05, 4.69) is 265 Å². The van der Waals surface area contributed by atoms with Gasteiger partial charge in [-0.25, -0.2) is 49.8 Å². The first-order valence-corrected chi connectivity index (χ1v) is 47.2. The van der Waals surface area contributed by atoms with Crippen LogP contribution in [-0.2, 0) is 0 Å². The maximum Gasteiger partial charge on any atom is 0.227 e. The van der Waals surface area contributed by atoms with E-state index in [4.69, 9.17) is 37.5 Å². The predicted molar refractivity (Wildman–Crippen MR) is 563 cm³/mol. The molecule has 0 saturated heterocycles. The van der Waals surface area contributed by atoms with E-state index in [1.54, 1.807) is 24.8 Å². The van der Waals surface area contributed by atoms with Crippen LogP contribution in [0.3, 0.4) is 0 Å². The molecule has 698 valence electrons. The summed E-state index contributed by atoms with van der Waals surface area (Å²) >= 11 is 0. The molecule has 5 aliphatic heterocycles. The van der Waals surface area contributed by atoms with Crippen molar-refractivity contribution in [1.82, 2.24) is 49.8 Å². The van der Waals surface area contributed by atoms with E-state index in [0.717, 1.165) is 218 Å². The monoisotopic (exact) mass is 1840 g/mol. The second-order valence-corrected chi connectivity index (χ2v) is 37.7. The van der Waals surface area contributed by atoms with Gasteiger partial charge in [-0.1, -0.05) is 60.7 Å². The lowest BCUT2D eigenvalue weighted by atomic mass is 10.1. The van der Waals surface area contributed by atoms with E-state index in [0.29, 0.717) is 28.6 Å². The van der Waals surface area contributed by atoms with Gasteiger partial charge in [0.1, 0.15) is 30.8 Å². The summed E-state index contributed by atoms with van der Waals surface area (Å²) in [6.07, 6.45) is 8.83. The van der Waals surface area contributed by atoms with Crippen molar-refractivity contribution < 1.29 is 27.6 Å². The lowest BCUT2D eigenvalue weighted by molar-refractivity contribution is 0.597. The number of anilines is 15. The van der Waals surface area contributed by atoms with Gasteiger partial charge in [0.25, 0.3) is 0 Å². The van der Waals surface area contributed by atoms with E-state index in [1.807, 2.05) is 179 Å². The fraction of sp³-hybridized carbons (Fsp3) is 0.292. The zero-order valence-corrected chi connectivity index (χ0v) is 82.6. The molecule has 20 heterocycles. The van der Waals surface area contributed by atoms with Gasteiger partial charge in [0.15, 0.2) is 57.0 Å². The molecule has 0 N–H and O–H groups in total. The van der Waals surface area contributed by atoms with Crippen LogP contribution in [0.25, 0.3) is 110 Å². The van der Waals surface area contributed by atoms with Gasteiger partial charge in [-0.15, -0.1) is 0 Å². The first-order chi connectivity index (χ1) is 67.6. The van der Waals surface area contributed by atoms with Crippen molar-refractivity contribution in [3.05, 3.63) is 269 Å². The molecule has 5 unspecified atom stereocenters. The molecule has 25 heteroatoms. The summed E-state index contributed by atoms with van der Waals surface area (Å²) in [5.41, 5.74) is 27.8. The lowest BCUT2D eigenvalue weighted by Crippen LogP contribution is -2.42. The zero-order chi connectivity index (χ0) is 100.0. The molecule has 5 atom stereocenters. The topological polar surface area (TPSA) is 227 Å². The maximum atomic E-state index is 8.71. The smallest absolute Gasteiger partial charge is 0.227 e. The number of nitrogens with zero attached hydrogens (tertiary/aromatic N) is 20. The van der Waals surface area contributed by atoms with Crippen molar-refractivity contribution in [2.45, 2.75) is 214 Å². The van der Waals surface area contributed by atoms with Crippen molar-refractivity contribution in [3.8, 4) is 0 Å². The predicted octanol–water partition coefficient (Wildman–Crippen LogP) is 27.7. The molecule has 20 aromatic rings. The molecule has 25 rings (SSSR count). The van der Waals surface area contributed by atoms with Gasteiger partial charge in [0.05, 0.1) is 62.4 Å². The van der Waals surface area contributed by atoms with Gasteiger partial charge in [-0.3, -0.25) is 0 Å². The average Bonchev–Trinajstić information content (AvgIpc) is 1.58. The molecule has 0 spiro atoms. The van der Waals surface area contributed by atoms with E-state index in [9.17, 15) is 0 Å². The Morgan fingerprint density at radius 2 is 0.449 bits per heavy atom. The number of hydrogen-bond donors (Lipinski definition) is 0. The summed E-state index contributed by atoms with van der Waals surface area (Å²) in [6.45, 7) is 46.2. The third-order valence-corrected chi connectivity index (χ3v) is 27.5. The molecule has 0 amide bonds. The van der Waals surface area contributed by atoms with Gasteiger partial charge < -0.3 is 71.1 Å². The SMILES string of the molecule is Cc1ccc2c(n1)oc1c(N3c4cccnc4N(C)C3C)c(C)ccc12.[2H]C(C)(C)N1c2cccnc2N(c2c(C)ccc3c2oc2nc(C)ccc23)C1C.[2H]C(C)(C)N1c2cccnc2N(c2c(C)ccc3c2oc2nc(C)ccc23)C1C.[2H]C(C)(C)N1c2ncccc2N(c2c(C)ccc3c2oc2nc(C)ccc23)C1C.[2H]C(C)(C)N1c2ncccc2N(c2c(C)ccc3c2oc2nc(C)ccc23)C1C. The van der Waals surface area contributed by atoms with E-state index in [1.165, 1.54) is 5.56 Å². The Hall–Kier alpha value is -15.4. The fourth-order valence-corrected chi connectivity index (χ4v) is 21.3. The van der Waals surface area contributed by atoms with Gasteiger partial charge in [0, 0.05) is 144 Å². The van der Waals surface area contributed by atoms with Gasteiger partial charge in [-0.05, 0) is 308 Å². The minimum Gasteiger partial charge on any atom is -0.435 e. The molecule has 0 fully saturated rings. The summed E-state index contributed by atoms with van der Waals surface area (Å²) in [5, 5.41) is 10.4. The Bertz CT molecular complexity index is 7670. The number of aryl methyl sites for hydroxylation is 10. The van der Waals surface area contributed by atoms with Crippen LogP contribution < -0.4 is 49.0 Å². The van der Waals surface area contributed by atoms with Crippen molar-refractivity contribution >= 4 is 196 Å². The fourth-order valence-electron chi connectivity index (χ4n) is 21.3. The number of pyridine rings is 10. The van der Waals surface area contributed by atoms with Crippen molar-refractivity contribution in [1.29, 1.82) is 0 Å². The Morgan fingerprint density at radius 1 is 0.239 bits per heavy atom. The minimum absolute atomic E-state index is 0.0837. The Kier molecular flexibility index (Phi) is 21.1. The second kappa shape index (κ2) is 34.4. The quantitative estimate of drug-likeness (QED) is 0.131. The van der Waals surface area contributed by atoms with Gasteiger partial charge in [0.2, 0.25) is 28.6 Å². The van der Waals surface area contributed by atoms with Crippen LogP contribution in [0.4, 0.5) is 86.0 Å². The normalized spacial score (nSPS) is 17.3. The first-order valence-electron chi connectivity index (χ1n) is 49.2. The lowest BCUT2D eigenvalue weighted by Gasteiger charge is -2.33. The number of fused-ring (bicyclic) bond motifs is 20. The van der Waals surface area contributed by atoms with Crippen LogP contribution in [0.2, 0.25) is 0 Å². The Balaban J connectivity index is 0.000000105. The summed E-state index contributed by atoms with van der Waals surface area (Å²) in [6, 6.07) is 58.5. The van der Waals surface area contributed by atoms with Crippen LogP contribution in [-0.4, -0.2) is 112 Å². The largest absolute Gasteiger partial charge is 0.435 e. The molecule has 25 nitrogen and oxygen atoms in total. The number of aromatic nitrogens is 10. The van der Waals surface area contributed by atoms with E-state index < -0.39 is 24.1 Å². The van der Waals surface area contributed by atoms with E-state index in [-0.39, 0.29) is 30.8 Å². The molecule has 138 heavy (non-hydrogen) atoms. The molecule has 5 aromatic carbocycles. The Morgan fingerprint density at radius 3 is 0.710 bits per heavy atom. The molecular formula is C113H116N20O5. The highest BCUT2D eigenvalue weighted by atomic mass is 16.4. The number of furan rings is 5. The van der Waals surface area contributed by atoms with Crippen molar-refractivity contribution in [2.75, 3.05) is 56.0 Å². The molecule has 0 bridgehead atoms. The second-order valence-electron chi connectivity index (χ2n) is 37.7. The zero-order valence-electron chi connectivity index (χ0n) is 86.6. The average molecular weight is 1840 g/mol.